The molecule has 1 heterocycles. The van der Waals surface area contributed by atoms with Crippen LogP contribution in [-0.4, -0.2) is 57.1 Å². The van der Waals surface area contributed by atoms with Gasteiger partial charge in [-0.25, -0.2) is 0 Å². The first kappa shape index (κ1) is 18.5. The van der Waals surface area contributed by atoms with Crippen molar-refractivity contribution in [2.24, 2.45) is 0 Å². The van der Waals surface area contributed by atoms with E-state index in [4.69, 9.17) is 0 Å². The van der Waals surface area contributed by atoms with Crippen molar-refractivity contribution < 1.29 is 0 Å². The molecule has 1 aromatic rings. The Balaban J connectivity index is 2.40. The molecule has 0 saturated heterocycles. The summed E-state index contributed by atoms with van der Waals surface area (Å²) in [5.41, 5.74) is 1.11. The summed E-state index contributed by atoms with van der Waals surface area (Å²) in [5, 5.41) is 11.9. The molecular weight excluding hydrogens is 282 g/mol. The topological polar surface area (TPSA) is 46.0 Å². The molecule has 1 atom stereocenters. The lowest BCUT2D eigenvalue weighted by Gasteiger charge is -2.26. The maximum atomic E-state index is 4.23. The number of hydrogen-bond donors (Lipinski definition) is 1. The van der Waals surface area contributed by atoms with Gasteiger partial charge in [-0.15, -0.1) is 5.10 Å². The molecule has 6 heteroatoms. The Morgan fingerprint density at radius 2 is 2.14 bits per heavy atom. The number of likely N-dealkylation sites (N-methyl/N-ethyl adjacent to an activating group) is 1. The van der Waals surface area contributed by atoms with Crippen LogP contribution in [-0.2, 0) is 13.1 Å². The fraction of sp³-hybridized carbons (Fsp3) is 0.867. The van der Waals surface area contributed by atoms with E-state index >= 15 is 0 Å². The van der Waals surface area contributed by atoms with Crippen molar-refractivity contribution in [3.8, 4) is 0 Å². The average molecular weight is 314 g/mol. The lowest BCUT2D eigenvalue weighted by Crippen LogP contribution is -2.35. The molecule has 1 rings (SSSR count). The van der Waals surface area contributed by atoms with Crippen LogP contribution in [0, 0.1) is 0 Å². The van der Waals surface area contributed by atoms with E-state index in [9.17, 15) is 0 Å². The van der Waals surface area contributed by atoms with Gasteiger partial charge in [0.25, 0.3) is 0 Å². The molecule has 0 aliphatic rings. The second-order valence-corrected chi connectivity index (χ2v) is 7.49. The molecule has 5 nitrogen and oxygen atoms in total. The maximum Gasteiger partial charge on any atom is 0.0965 e. The largest absolute Gasteiger partial charge is 0.306 e. The van der Waals surface area contributed by atoms with Gasteiger partial charge in [-0.3, -0.25) is 4.68 Å². The second-order valence-electron chi connectivity index (χ2n) is 6.57. The van der Waals surface area contributed by atoms with Crippen LogP contribution < -0.4 is 5.32 Å². The van der Waals surface area contributed by atoms with Crippen LogP contribution in [0.25, 0.3) is 0 Å². The summed E-state index contributed by atoms with van der Waals surface area (Å²) in [6.07, 6.45) is 5.40. The summed E-state index contributed by atoms with van der Waals surface area (Å²) in [6.45, 7) is 11.4. The molecule has 1 N–H and O–H groups in total. The van der Waals surface area contributed by atoms with E-state index in [0.29, 0.717) is 6.04 Å². The van der Waals surface area contributed by atoms with E-state index in [1.54, 1.807) is 0 Å². The molecule has 0 aliphatic heterocycles. The molecular formula is C15H31N5S. The molecule has 1 aromatic heterocycles. The van der Waals surface area contributed by atoms with Gasteiger partial charge in [0.15, 0.2) is 0 Å². The molecule has 21 heavy (non-hydrogen) atoms. The van der Waals surface area contributed by atoms with E-state index in [-0.39, 0.29) is 5.54 Å². The third kappa shape index (κ3) is 7.29. The van der Waals surface area contributed by atoms with Gasteiger partial charge < -0.3 is 10.2 Å². The van der Waals surface area contributed by atoms with Crippen LogP contribution in [0.4, 0.5) is 0 Å². The van der Waals surface area contributed by atoms with Gasteiger partial charge in [0, 0.05) is 36.6 Å². The Labute approximate surface area is 133 Å². The summed E-state index contributed by atoms with van der Waals surface area (Å²) in [5.74, 6) is 1.19. The van der Waals surface area contributed by atoms with E-state index in [2.05, 4.69) is 61.5 Å². The molecule has 0 bridgehead atoms. The monoisotopic (exact) mass is 313 g/mol. The second kappa shape index (κ2) is 8.76. The van der Waals surface area contributed by atoms with Crippen molar-refractivity contribution in [1.29, 1.82) is 0 Å². The highest BCUT2D eigenvalue weighted by Gasteiger charge is 2.13. The first-order valence-corrected chi connectivity index (χ1v) is 9.08. The smallest absolute Gasteiger partial charge is 0.0965 e. The average Bonchev–Trinajstić information content (AvgIpc) is 2.87. The SMILES string of the molecule is CCC(CSC)N(C)CCn1cc(CNC(C)(C)C)nn1. The highest BCUT2D eigenvalue weighted by molar-refractivity contribution is 7.98. The fourth-order valence-corrected chi connectivity index (χ4v) is 2.95. The zero-order valence-corrected chi connectivity index (χ0v) is 15.2. The van der Waals surface area contributed by atoms with Crippen LogP contribution in [0.3, 0.4) is 0 Å². The van der Waals surface area contributed by atoms with Crippen molar-refractivity contribution in [2.75, 3.05) is 25.6 Å². The number of rotatable bonds is 9. The molecule has 122 valence electrons. The predicted octanol–water partition coefficient (Wildman–Crippen LogP) is 2.24. The first-order valence-electron chi connectivity index (χ1n) is 7.69. The number of aromatic nitrogens is 3. The molecule has 0 radical (unpaired) electrons. The predicted molar refractivity (Wildman–Crippen MR) is 91.7 cm³/mol. The van der Waals surface area contributed by atoms with Crippen LogP contribution in [0.1, 0.15) is 39.8 Å². The summed E-state index contributed by atoms with van der Waals surface area (Å²) < 4.78 is 1.95. The quantitative estimate of drug-likeness (QED) is 0.757. The summed E-state index contributed by atoms with van der Waals surface area (Å²) in [7, 11) is 2.20. The van der Waals surface area contributed by atoms with Gasteiger partial charge in [-0.2, -0.15) is 11.8 Å². The van der Waals surface area contributed by atoms with Crippen LogP contribution in [0.15, 0.2) is 6.20 Å². The van der Waals surface area contributed by atoms with E-state index in [1.807, 2.05) is 22.6 Å². The Morgan fingerprint density at radius 1 is 1.43 bits per heavy atom. The summed E-state index contributed by atoms with van der Waals surface area (Å²) in [4.78, 5) is 2.42. The Kier molecular flexibility index (Phi) is 7.70. The van der Waals surface area contributed by atoms with Crippen molar-refractivity contribution in [3.63, 3.8) is 0 Å². The lowest BCUT2D eigenvalue weighted by molar-refractivity contribution is 0.242. The minimum Gasteiger partial charge on any atom is -0.306 e. The Bertz CT molecular complexity index is 399. The molecule has 0 fully saturated rings. The van der Waals surface area contributed by atoms with E-state index in [1.165, 1.54) is 12.2 Å². The van der Waals surface area contributed by atoms with Crippen LogP contribution in [0.2, 0.25) is 0 Å². The molecule has 0 amide bonds. The van der Waals surface area contributed by atoms with Crippen molar-refractivity contribution in [2.45, 2.75) is 58.8 Å². The van der Waals surface area contributed by atoms with E-state index < -0.39 is 0 Å². The zero-order valence-electron chi connectivity index (χ0n) is 14.4. The normalized spacial score (nSPS) is 13.9. The van der Waals surface area contributed by atoms with Gasteiger partial charge in [-0.1, -0.05) is 12.1 Å². The zero-order chi connectivity index (χ0) is 15.9. The molecule has 0 spiro atoms. The maximum absolute atomic E-state index is 4.23. The van der Waals surface area contributed by atoms with Gasteiger partial charge in [0.2, 0.25) is 0 Å². The lowest BCUT2D eigenvalue weighted by atomic mass is 10.1. The molecule has 0 aromatic carbocycles. The Morgan fingerprint density at radius 3 is 2.71 bits per heavy atom. The third-order valence-electron chi connectivity index (χ3n) is 3.52. The number of nitrogens with one attached hydrogen (secondary N) is 1. The Hall–Kier alpha value is -0.590. The standard InChI is InChI=1S/C15H31N5S/c1-7-14(12-21-6)19(5)8-9-20-11-13(17-18-20)10-16-15(2,3)4/h11,14,16H,7-10,12H2,1-6H3. The summed E-state index contributed by atoms with van der Waals surface area (Å²) >= 11 is 1.91. The van der Waals surface area contributed by atoms with Crippen molar-refractivity contribution in [3.05, 3.63) is 11.9 Å². The number of nitrogens with zero attached hydrogens (tertiary/aromatic N) is 4. The van der Waals surface area contributed by atoms with Gasteiger partial charge in [0.05, 0.1) is 12.2 Å². The van der Waals surface area contributed by atoms with Gasteiger partial charge in [-0.05, 0) is 40.5 Å². The minimum atomic E-state index is 0.107. The van der Waals surface area contributed by atoms with Crippen LogP contribution >= 0.6 is 11.8 Å². The van der Waals surface area contributed by atoms with Crippen LogP contribution in [0.5, 0.6) is 0 Å². The highest BCUT2D eigenvalue weighted by atomic mass is 32.2. The van der Waals surface area contributed by atoms with Crippen molar-refractivity contribution in [1.82, 2.24) is 25.2 Å². The molecule has 0 saturated carbocycles. The van der Waals surface area contributed by atoms with E-state index in [0.717, 1.165) is 25.3 Å². The highest BCUT2D eigenvalue weighted by Crippen LogP contribution is 2.08. The van der Waals surface area contributed by atoms with Gasteiger partial charge in [0.1, 0.15) is 0 Å². The first-order chi connectivity index (χ1) is 9.85. The minimum absolute atomic E-state index is 0.107. The number of hydrogen-bond acceptors (Lipinski definition) is 5. The molecule has 1 unspecified atom stereocenters. The fourth-order valence-electron chi connectivity index (χ4n) is 2.08. The third-order valence-corrected chi connectivity index (χ3v) is 4.24. The summed E-state index contributed by atoms with van der Waals surface area (Å²) in [6, 6.07) is 0.644. The van der Waals surface area contributed by atoms with Crippen molar-refractivity contribution >= 4 is 11.8 Å². The number of thioether (sulfide) groups is 1. The molecule has 0 aliphatic carbocycles. The van der Waals surface area contributed by atoms with Gasteiger partial charge >= 0.3 is 0 Å².